The second kappa shape index (κ2) is 3.47. The standard InChI is InChI=1S/C8H13N3O2/c1-4-10(2)7(12)6-5-9-8(13)11(6)3/h5H,4H2,1-3H3,(H,9,13). The highest BCUT2D eigenvalue weighted by Gasteiger charge is 2.14. The zero-order valence-electron chi connectivity index (χ0n) is 8.00. The topological polar surface area (TPSA) is 58.1 Å². The number of nitrogens with zero attached hydrogens (tertiary/aromatic N) is 2. The summed E-state index contributed by atoms with van der Waals surface area (Å²) in [5.41, 5.74) is 0.113. The first-order valence-electron chi connectivity index (χ1n) is 4.07. The summed E-state index contributed by atoms with van der Waals surface area (Å²) in [5, 5.41) is 0. The molecule has 0 saturated carbocycles. The predicted octanol–water partition coefficient (Wildman–Crippen LogP) is -0.195. The van der Waals surface area contributed by atoms with E-state index in [1.807, 2.05) is 6.92 Å². The van der Waals surface area contributed by atoms with E-state index >= 15 is 0 Å². The molecule has 0 aliphatic carbocycles. The van der Waals surface area contributed by atoms with Crippen molar-refractivity contribution < 1.29 is 4.79 Å². The second-order valence-electron chi connectivity index (χ2n) is 2.86. The van der Waals surface area contributed by atoms with Crippen molar-refractivity contribution >= 4 is 5.91 Å². The van der Waals surface area contributed by atoms with Crippen LogP contribution < -0.4 is 5.69 Å². The lowest BCUT2D eigenvalue weighted by Crippen LogP contribution is -2.29. The third-order valence-corrected chi connectivity index (χ3v) is 2.04. The van der Waals surface area contributed by atoms with Crippen molar-refractivity contribution in [2.75, 3.05) is 13.6 Å². The van der Waals surface area contributed by atoms with Crippen LogP contribution in [0.2, 0.25) is 0 Å². The van der Waals surface area contributed by atoms with E-state index in [0.717, 1.165) is 0 Å². The van der Waals surface area contributed by atoms with E-state index in [2.05, 4.69) is 4.98 Å². The van der Waals surface area contributed by atoms with Gasteiger partial charge >= 0.3 is 5.69 Å². The van der Waals surface area contributed by atoms with Crippen LogP contribution in [-0.2, 0) is 7.05 Å². The molecule has 1 rings (SSSR count). The Morgan fingerprint density at radius 2 is 2.31 bits per heavy atom. The molecule has 5 heteroatoms. The fraction of sp³-hybridized carbons (Fsp3) is 0.500. The Hall–Kier alpha value is -1.52. The summed E-state index contributed by atoms with van der Waals surface area (Å²) in [5.74, 6) is -0.150. The van der Waals surface area contributed by atoms with E-state index < -0.39 is 0 Å². The molecule has 0 spiro atoms. The van der Waals surface area contributed by atoms with Gasteiger partial charge in [-0.2, -0.15) is 0 Å². The van der Waals surface area contributed by atoms with Crippen molar-refractivity contribution in [2.24, 2.45) is 7.05 Å². The van der Waals surface area contributed by atoms with Crippen LogP contribution in [0.15, 0.2) is 11.0 Å². The Morgan fingerprint density at radius 1 is 1.69 bits per heavy atom. The van der Waals surface area contributed by atoms with Crippen LogP contribution in [0.5, 0.6) is 0 Å². The first kappa shape index (κ1) is 9.57. The van der Waals surface area contributed by atoms with Crippen LogP contribution in [0.4, 0.5) is 0 Å². The van der Waals surface area contributed by atoms with E-state index in [0.29, 0.717) is 12.2 Å². The van der Waals surface area contributed by atoms with Gasteiger partial charge in [0.25, 0.3) is 5.91 Å². The third-order valence-electron chi connectivity index (χ3n) is 2.04. The maximum absolute atomic E-state index is 11.6. The van der Waals surface area contributed by atoms with Crippen LogP contribution in [0.25, 0.3) is 0 Å². The zero-order valence-corrected chi connectivity index (χ0v) is 8.00. The average molecular weight is 183 g/mol. The summed E-state index contributed by atoms with van der Waals surface area (Å²) in [4.78, 5) is 26.5. The zero-order chi connectivity index (χ0) is 10.0. The van der Waals surface area contributed by atoms with Crippen LogP contribution >= 0.6 is 0 Å². The first-order chi connectivity index (χ1) is 6.07. The summed E-state index contributed by atoms with van der Waals surface area (Å²) in [6.07, 6.45) is 1.43. The second-order valence-corrected chi connectivity index (χ2v) is 2.86. The van der Waals surface area contributed by atoms with E-state index in [1.165, 1.54) is 10.8 Å². The minimum absolute atomic E-state index is 0.150. The highest BCUT2D eigenvalue weighted by atomic mass is 16.2. The van der Waals surface area contributed by atoms with Gasteiger partial charge in [0.1, 0.15) is 5.69 Å². The number of hydrogen-bond acceptors (Lipinski definition) is 2. The van der Waals surface area contributed by atoms with Crippen LogP contribution in [-0.4, -0.2) is 34.0 Å². The van der Waals surface area contributed by atoms with Crippen molar-refractivity contribution in [1.82, 2.24) is 14.5 Å². The largest absolute Gasteiger partial charge is 0.341 e. The highest BCUT2D eigenvalue weighted by molar-refractivity contribution is 5.92. The minimum Gasteiger partial charge on any atom is -0.341 e. The maximum atomic E-state index is 11.6. The predicted molar refractivity (Wildman–Crippen MR) is 48.7 cm³/mol. The lowest BCUT2D eigenvalue weighted by atomic mass is 10.4. The van der Waals surface area contributed by atoms with Gasteiger partial charge in [-0.3, -0.25) is 9.36 Å². The van der Waals surface area contributed by atoms with Gasteiger partial charge in [-0.05, 0) is 6.92 Å². The molecule has 1 aromatic heterocycles. The Morgan fingerprint density at radius 3 is 2.69 bits per heavy atom. The Labute approximate surface area is 76.0 Å². The van der Waals surface area contributed by atoms with Crippen molar-refractivity contribution in [3.05, 3.63) is 22.4 Å². The Bertz CT molecular complexity index is 364. The molecule has 0 aliphatic rings. The number of H-pyrrole nitrogens is 1. The van der Waals surface area contributed by atoms with Crippen molar-refractivity contribution in [3.63, 3.8) is 0 Å². The van der Waals surface area contributed by atoms with Crippen LogP contribution in [0, 0.1) is 0 Å². The molecule has 1 aromatic rings. The lowest BCUT2D eigenvalue weighted by molar-refractivity contribution is 0.0792. The monoisotopic (exact) mass is 183 g/mol. The van der Waals surface area contributed by atoms with Crippen molar-refractivity contribution in [3.8, 4) is 0 Å². The SMILES string of the molecule is CCN(C)C(=O)c1c[nH]c(=O)n1C. The van der Waals surface area contributed by atoms with Crippen LogP contribution in [0.3, 0.4) is 0 Å². The number of carbonyl (C=O) groups is 1. The van der Waals surface area contributed by atoms with Gasteiger partial charge in [-0.1, -0.05) is 0 Å². The Kier molecular flexibility index (Phi) is 2.55. The number of rotatable bonds is 2. The molecule has 13 heavy (non-hydrogen) atoms. The summed E-state index contributed by atoms with van der Waals surface area (Å²) in [7, 11) is 3.26. The van der Waals surface area contributed by atoms with Gasteiger partial charge in [0.05, 0.1) is 0 Å². The molecule has 0 fully saturated rings. The summed E-state index contributed by atoms with van der Waals surface area (Å²) >= 11 is 0. The van der Waals surface area contributed by atoms with Crippen molar-refractivity contribution in [1.29, 1.82) is 0 Å². The average Bonchev–Trinajstić information content (AvgIpc) is 2.45. The molecule has 0 aromatic carbocycles. The quantitative estimate of drug-likeness (QED) is 0.690. The Balaban J connectivity index is 3.02. The van der Waals surface area contributed by atoms with Gasteiger partial charge in [-0.15, -0.1) is 0 Å². The van der Waals surface area contributed by atoms with E-state index in [-0.39, 0.29) is 11.6 Å². The minimum atomic E-state index is -0.271. The number of aromatic amines is 1. The number of nitrogens with one attached hydrogen (secondary N) is 1. The molecule has 1 N–H and O–H groups in total. The van der Waals surface area contributed by atoms with Gasteiger partial charge in [0.15, 0.2) is 0 Å². The van der Waals surface area contributed by atoms with E-state index in [4.69, 9.17) is 0 Å². The fourth-order valence-electron chi connectivity index (χ4n) is 0.978. The molecule has 0 saturated heterocycles. The normalized spacial score (nSPS) is 10.1. The van der Waals surface area contributed by atoms with Crippen LogP contribution in [0.1, 0.15) is 17.4 Å². The molecular formula is C8H13N3O2. The van der Waals surface area contributed by atoms with Gasteiger partial charge < -0.3 is 9.88 Å². The number of imidazole rings is 1. The maximum Gasteiger partial charge on any atom is 0.325 e. The summed E-state index contributed by atoms with van der Waals surface area (Å²) in [6, 6.07) is 0. The molecule has 0 radical (unpaired) electrons. The third kappa shape index (κ3) is 1.63. The molecule has 5 nitrogen and oxygen atoms in total. The first-order valence-corrected chi connectivity index (χ1v) is 4.07. The van der Waals surface area contributed by atoms with Gasteiger partial charge in [0, 0.05) is 26.8 Å². The molecule has 0 unspecified atom stereocenters. The number of aromatic nitrogens is 2. The molecule has 1 amide bonds. The molecule has 1 heterocycles. The molecular weight excluding hydrogens is 170 g/mol. The lowest BCUT2D eigenvalue weighted by Gasteiger charge is -2.13. The number of hydrogen-bond donors (Lipinski definition) is 1. The van der Waals surface area contributed by atoms with E-state index in [9.17, 15) is 9.59 Å². The fourth-order valence-corrected chi connectivity index (χ4v) is 0.978. The number of amides is 1. The van der Waals surface area contributed by atoms with E-state index in [1.54, 1.807) is 19.0 Å². The van der Waals surface area contributed by atoms with Gasteiger partial charge in [-0.25, -0.2) is 4.79 Å². The summed E-state index contributed by atoms with van der Waals surface area (Å²) < 4.78 is 1.30. The molecule has 0 atom stereocenters. The smallest absolute Gasteiger partial charge is 0.325 e. The summed E-state index contributed by atoms with van der Waals surface area (Å²) in [6.45, 7) is 2.50. The van der Waals surface area contributed by atoms with Crippen molar-refractivity contribution in [2.45, 2.75) is 6.92 Å². The van der Waals surface area contributed by atoms with Gasteiger partial charge in [0.2, 0.25) is 0 Å². The molecule has 0 aliphatic heterocycles. The highest BCUT2D eigenvalue weighted by Crippen LogP contribution is 1.97. The molecule has 72 valence electrons. The molecule has 0 bridgehead atoms. The number of carbonyl (C=O) groups excluding carboxylic acids is 1.